The van der Waals surface area contributed by atoms with Crippen LogP contribution in [0.25, 0.3) is 16.5 Å². The van der Waals surface area contributed by atoms with Crippen molar-refractivity contribution in [1.82, 2.24) is 9.47 Å². The molecule has 0 amide bonds. The van der Waals surface area contributed by atoms with Crippen LogP contribution in [0.3, 0.4) is 0 Å². The van der Waals surface area contributed by atoms with Gasteiger partial charge in [-0.3, -0.25) is 14.7 Å². The number of aliphatic imine (C=N–C) groups is 1. The summed E-state index contributed by atoms with van der Waals surface area (Å²) in [5.41, 5.74) is 0.544. The van der Waals surface area contributed by atoms with Gasteiger partial charge in [0.2, 0.25) is 5.88 Å². The van der Waals surface area contributed by atoms with E-state index in [0.29, 0.717) is 34.6 Å². The Labute approximate surface area is 168 Å². The minimum absolute atomic E-state index is 0.192. The lowest BCUT2D eigenvalue weighted by Crippen LogP contribution is -2.31. The van der Waals surface area contributed by atoms with Gasteiger partial charge in [-0.25, -0.2) is 8.96 Å². The molecule has 1 atom stereocenters. The van der Waals surface area contributed by atoms with Crippen LogP contribution in [0.2, 0.25) is 0 Å². The number of benzene rings is 2. The fraction of sp³-hybridized carbons (Fsp3) is 0.304. The summed E-state index contributed by atoms with van der Waals surface area (Å²) in [6.07, 6.45) is 3.95. The average Bonchev–Trinajstić information content (AvgIpc) is 3.19. The van der Waals surface area contributed by atoms with Gasteiger partial charge in [0.25, 0.3) is 5.56 Å². The van der Waals surface area contributed by atoms with Gasteiger partial charge in [-0.05, 0) is 56.3 Å². The molecule has 6 heteroatoms. The first-order valence-corrected chi connectivity index (χ1v) is 9.96. The molecule has 1 aliphatic rings. The zero-order valence-electron chi connectivity index (χ0n) is 16.4. The number of likely N-dealkylation sites (tertiary alicyclic amines) is 1. The Bertz CT molecular complexity index is 1110. The number of aromatic nitrogens is 1. The molecule has 1 unspecified atom stereocenters. The number of fused-ring (bicyclic) bond motifs is 1. The van der Waals surface area contributed by atoms with Crippen molar-refractivity contribution < 1.29 is 9.50 Å². The smallest absolute Gasteiger partial charge is 0.265 e. The van der Waals surface area contributed by atoms with Crippen LogP contribution in [0.1, 0.15) is 25.3 Å². The monoisotopic (exact) mass is 393 g/mol. The molecular formula is C23H24FN3O2. The fourth-order valence-corrected chi connectivity index (χ4v) is 4.10. The summed E-state index contributed by atoms with van der Waals surface area (Å²) in [6, 6.07) is 13.0. The highest BCUT2D eigenvalue weighted by Gasteiger charge is 2.22. The predicted molar refractivity (Wildman–Crippen MR) is 114 cm³/mol. The van der Waals surface area contributed by atoms with Crippen molar-refractivity contribution in [1.29, 1.82) is 0 Å². The van der Waals surface area contributed by atoms with Gasteiger partial charge in [-0.2, -0.15) is 0 Å². The summed E-state index contributed by atoms with van der Waals surface area (Å²) in [6.45, 7) is 4.90. The fourth-order valence-electron chi connectivity index (χ4n) is 4.10. The molecule has 1 saturated heterocycles. The van der Waals surface area contributed by atoms with E-state index in [2.05, 4.69) is 16.8 Å². The topological polar surface area (TPSA) is 57.8 Å². The second-order valence-corrected chi connectivity index (χ2v) is 7.32. The highest BCUT2D eigenvalue weighted by atomic mass is 19.1. The quantitative estimate of drug-likeness (QED) is 0.672. The van der Waals surface area contributed by atoms with Crippen LogP contribution in [0, 0.1) is 5.82 Å². The Kier molecular flexibility index (Phi) is 5.45. The lowest BCUT2D eigenvalue weighted by molar-refractivity contribution is 0.273. The lowest BCUT2D eigenvalue weighted by atomic mass is 10.1. The third-order valence-electron chi connectivity index (χ3n) is 5.63. The van der Waals surface area contributed by atoms with E-state index in [-0.39, 0.29) is 11.4 Å². The molecule has 1 N–H and O–H groups in total. The Hall–Kier alpha value is -2.99. The summed E-state index contributed by atoms with van der Waals surface area (Å²) in [5, 5.41) is 12.1. The molecule has 4 rings (SSSR count). The van der Waals surface area contributed by atoms with Crippen molar-refractivity contribution in [3.05, 3.63) is 70.3 Å². The Morgan fingerprint density at radius 2 is 1.90 bits per heavy atom. The van der Waals surface area contributed by atoms with Gasteiger partial charge in [0.15, 0.2) is 0 Å². The Balaban J connectivity index is 1.79. The summed E-state index contributed by atoms with van der Waals surface area (Å²) < 4.78 is 14.5. The van der Waals surface area contributed by atoms with E-state index >= 15 is 0 Å². The molecule has 3 aromatic rings. The van der Waals surface area contributed by atoms with Gasteiger partial charge < -0.3 is 5.11 Å². The number of pyridine rings is 1. The van der Waals surface area contributed by atoms with E-state index in [1.165, 1.54) is 35.3 Å². The second-order valence-electron chi connectivity index (χ2n) is 7.32. The van der Waals surface area contributed by atoms with Crippen molar-refractivity contribution >= 4 is 17.0 Å². The van der Waals surface area contributed by atoms with Crippen LogP contribution < -0.4 is 5.56 Å². The second kappa shape index (κ2) is 8.17. The molecule has 1 aliphatic heterocycles. The normalized spacial score (nSPS) is 17.5. The van der Waals surface area contributed by atoms with Gasteiger partial charge in [0, 0.05) is 23.0 Å². The molecule has 2 aromatic carbocycles. The van der Waals surface area contributed by atoms with Crippen molar-refractivity contribution in [2.24, 2.45) is 4.99 Å². The first-order valence-electron chi connectivity index (χ1n) is 9.96. The molecule has 150 valence electrons. The van der Waals surface area contributed by atoms with Crippen molar-refractivity contribution in [3.63, 3.8) is 0 Å². The van der Waals surface area contributed by atoms with Crippen LogP contribution in [0.4, 0.5) is 4.39 Å². The number of likely N-dealkylation sites (N-methyl/N-ethyl adjacent to an activating group) is 1. The number of aromatic hydroxyl groups is 1. The van der Waals surface area contributed by atoms with Gasteiger partial charge in [0.05, 0.1) is 17.8 Å². The summed E-state index contributed by atoms with van der Waals surface area (Å²) in [5.74, 6) is -0.594. The number of hydrogen-bond acceptors (Lipinski definition) is 4. The SMILES string of the molecule is CCN1CCCC1CN=Cc1c(O)n(-c2ccc(F)cc2)c(=O)c2ccccc12. The molecule has 0 bridgehead atoms. The van der Waals surface area contributed by atoms with E-state index < -0.39 is 5.82 Å². The van der Waals surface area contributed by atoms with Crippen molar-refractivity contribution in [2.75, 3.05) is 19.6 Å². The maximum Gasteiger partial charge on any atom is 0.265 e. The molecular weight excluding hydrogens is 369 g/mol. The summed E-state index contributed by atoms with van der Waals surface area (Å²) in [7, 11) is 0. The first-order chi connectivity index (χ1) is 14.1. The Morgan fingerprint density at radius 3 is 2.62 bits per heavy atom. The zero-order valence-corrected chi connectivity index (χ0v) is 16.4. The van der Waals surface area contributed by atoms with Crippen LogP contribution in [0.5, 0.6) is 5.88 Å². The zero-order chi connectivity index (χ0) is 20.4. The van der Waals surface area contributed by atoms with E-state index in [9.17, 15) is 14.3 Å². The Morgan fingerprint density at radius 1 is 1.17 bits per heavy atom. The molecule has 0 aliphatic carbocycles. The molecule has 0 spiro atoms. The molecule has 0 radical (unpaired) electrons. The minimum atomic E-state index is -0.402. The molecule has 0 saturated carbocycles. The van der Waals surface area contributed by atoms with E-state index in [4.69, 9.17) is 0 Å². The van der Waals surface area contributed by atoms with E-state index in [0.717, 1.165) is 19.5 Å². The van der Waals surface area contributed by atoms with Crippen LogP contribution in [-0.2, 0) is 0 Å². The number of rotatable bonds is 5. The average molecular weight is 393 g/mol. The van der Waals surface area contributed by atoms with E-state index in [1.54, 1.807) is 24.4 Å². The minimum Gasteiger partial charge on any atom is -0.494 e. The van der Waals surface area contributed by atoms with Gasteiger partial charge in [-0.15, -0.1) is 0 Å². The van der Waals surface area contributed by atoms with Crippen molar-refractivity contribution in [2.45, 2.75) is 25.8 Å². The van der Waals surface area contributed by atoms with Gasteiger partial charge >= 0.3 is 0 Å². The van der Waals surface area contributed by atoms with Crippen LogP contribution >= 0.6 is 0 Å². The molecule has 2 heterocycles. The third kappa shape index (κ3) is 3.68. The number of hydrogen-bond donors (Lipinski definition) is 1. The van der Waals surface area contributed by atoms with Crippen LogP contribution in [-0.4, -0.2) is 46.5 Å². The van der Waals surface area contributed by atoms with Crippen molar-refractivity contribution in [3.8, 4) is 11.6 Å². The third-order valence-corrected chi connectivity index (χ3v) is 5.63. The van der Waals surface area contributed by atoms with Crippen LogP contribution in [0.15, 0.2) is 58.3 Å². The largest absolute Gasteiger partial charge is 0.494 e. The maximum atomic E-state index is 13.3. The molecule has 1 fully saturated rings. The first kappa shape index (κ1) is 19.3. The summed E-state index contributed by atoms with van der Waals surface area (Å²) in [4.78, 5) is 20.0. The summed E-state index contributed by atoms with van der Waals surface area (Å²) >= 11 is 0. The molecule has 29 heavy (non-hydrogen) atoms. The number of nitrogens with zero attached hydrogens (tertiary/aromatic N) is 3. The van der Waals surface area contributed by atoms with Gasteiger partial charge in [0.1, 0.15) is 5.82 Å². The highest BCUT2D eigenvalue weighted by Crippen LogP contribution is 2.26. The van der Waals surface area contributed by atoms with Gasteiger partial charge in [-0.1, -0.05) is 25.1 Å². The van der Waals surface area contributed by atoms with E-state index in [1.807, 2.05) is 6.07 Å². The molecule has 5 nitrogen and oxygen atoms in total. The predicted octanol–water partition coefficient (Wildman–Crippen LogP) is 3.74. The molecule has 1 aromatic heterocycles. The highest BCUT2D eigenvalue weighted by molar-refractivity contribution is 6.01. The lowest BCUT2D eigenvalue weighted by Gasteiger charge is -2.20. The number of halogens is 1. The standard InChI is InChI=1S/C23H24FN3O2/c1-2-26-13-5-6-18(26)14-25-15-21-19-7-3-4-8-20(19)22(28)27(23(21)29)17-11-9-16(24)10-12-17/h3-4,7-12,15,18,29H,2,5-6,13-14H2,1H3. The maximum absolute atomic E-state index is 13.3.